The molecule has 0 aliphatic heterocycles. The van der Waals surface area contributed by atoms with Crippen LogP contribution >= 0.6 is 0 Å². The van der Waals surface area contributed by atoms with Gasteiger partial charge in [0.25, 0.3) is 0 Å². The van der Waals surface area contributed by atoms with Crippen molar-refractivity contribution in [2.75, 3.05) is 61.5 Å². The molecule has 0 aromatic heterocycles. The number of rotatable bonds is 7. The van der Waals surface area contributed by atoms with Gasteiger partial charge in [0, 0.05) is 35.4 Å². The Balaban J connectivity index is -0.000000187. The molecule has 6 nitrogen and oxygen atoms in total. The quantitative estimate of drug-likeness (QED) is 0.509. The first kappa shape index (κ1) is 22.5. The summed E-state index contributed by atoms with van der Waals surface area (Å²) >= 11 is 0. The maximum atomic E-state index is 9.82. The molecule has 6 heteroatoms. The predicted octanol–water partition coefficient (Wildman–Crippen LogP) is 1.13. The third kappa shape index (κ3) is 45.4. The lowest BCUT2D eigenvalue weighted by atomic mass is 10.8. The molecular formula is C12H28O6. The van der Waals surface area contributed by atoms with E-state index in [-0.39, 0.29) is 5.97 Å². The second-order valence-electron chi connectivity index (χ2n) is 2.90. The molecule has 0 unspecified atom stereocenters. The number of carbonyl (C=O) groups is 1. The smallest absolute Gasteiger partial charge is 0.302 e. The van der Waals surface area contributed by atoms with Gasteiger partial charge in [-0.05, 0) is 6.92 Å². The molecule has 0 aliphatic rings. The van der Waals surface area contributed by atoms with E-state index >= 15 is 0 Å². The fourth-order valence-corrected chi connectivity index (χ4v) is 0.537. The van der Waals surface area contributed by atoms with E-state index in [1.165, 1.54) is 6.92 Å². The number of hydrogen-bond acceptors (Lipinski definition) is 6. The van der Waals surface area contributed by atoms with Crippen LogP contribution in [0.25, 0.3) is 0 Å². The molecule has 0 amide bonds. The lowest BCUT2D eigenvalue weighted by Gasteiger charge is -1.91. The summed E-state index contributed by atoms with van der Waals surface area (Å²) in [5.41, 5.74) is 0. The lowest BCUT2D eigenvalue weighted by Crippen LogP contribution is -1.96. The van der Waals surface area contributed by atoms with E-state index in [0.717, 1.165) is 0 Å². The third-order valence-electron chi connectivity index (χ3n) is 1.33. The fourth-order valence-electron chi connectivity index (χ4n) is 0.537. The number of esters is 1. The van der Waals surface area contributed by atoms with Crippen LogP contribution in [0.3, 0.4) is 0 Å². The first-order valence-corrected chi connectivity index (χ1v) is 5.69. The van der Waals surface area contributed by atoms with Crippen LogP contribution in [0, 0.1) is 0 Å². The second-order valence-corrected chi connectivity index (χ2v) is 2.90. The van der Waals surface area contributed by atoms with Gasteiger partial charge in [0.1, 0.15) is 0 Å². The van der Waals surface area contributed by atoms with Gasteiger partial charge in [-0.2, -0.15) is 0 Å². The molecule has 0 aromatic rings. The third-order valence-corrected chi connectivity index (χ3v) is 1.33. The largest absolute Gasteiger partial charge is 0.466 e. The molecule has 0 saturated heterocycles. The summed E-state index contributed by atoms with van der Waals surface area (Å²) in [6.45, 7) is 6.42. The number of hydrogen-bond donors (Lipinski definition) is 0. The standard InChI is InChI=1S/2C4H10O2.C4H8O2/c2*1-5-3-4-6-2;1-3-6-4(2)5/h2*3-4H2,1-2H3;3H2,1-2H3. The van der Waals surface area contributed by atoms with Gasteiger partial charge in [-0.15, -0.1) is 0 Å². The van der Waals surface area contributed by atoms with E-state index in [4.69, 9.17) is 0 Å². The van der Waals surface area contributed by atoms with Gasteiger partial charge in [0.15, 0.2) is 0 Å². The highest BCUT2D eigenvalue weighted by Crippen LogP contribution is 1.69. The Bertz CT molecular complexity index is 125. The zero-order valence-corrected chi connectivity index (χ0v) is 12.5. The molecule has 0 aliphatic carbocycles. The van der Waals surface area contributed by atoms with Crippen LogP contribution in [0.1, 0.15) is 13.8 Å². The molecule has 0 saturated carbocycles. The lowest BCUT2D eigenvalue weighted by molar-refractivity contribution is -0.140. The molecule has 0 spiro atoms. The normalized spacial score (nSPS) is 8.56. The monoisotopic (exact) mass is 268 g/mol. The van der Waals surface area contributed by atoms with Crippen molar-refractivity contribution in [3.05, 3.63) is 0 Å². The van der Waals surface area contributed by atoms with Crippen molar-refractivity contribution in [1.29, 1.82) is 0 Å². The molecule has 0 atom stereocenters. The van der Waals surface area contributed by atoms with Gasteiger partial charge < -0.3 is 23.7 Å². The van der Waals surface area contributed by atoms with Gasteiger partial charge >= 0.3 is 5.97 Å². The molecule has 0 fully saturated rings. The molecule has 0 aromatic carbocycles. The Morgan fingerprint density at radius 3 is 1.11 bits per heavy atom. The van der Waals surface area contributed by atoms with Crippen molar-refractivity contribution in [2.45, 2.75) is 13.8 Å². The van der Waals surface area contributed by atoms with Crippen molar-refractivity contribution in [3.63, 3.8) is 0 Å². The van der Waals surface area contributed by atoms with Crippen LogP contribution < -0.4 is 0 Å². The summed E-state index contributed by atoms with van der Waals surface area (Å²) in [4.78, 5) is 9.82. The highest BCUT2D eigenvalue weighted by molar-refractivity contribution is 5.65. The molecule has 0 rings (SSSR count). The predicted molar refractivity (Wildman–Crippen MR) is 69.8 cm³/mol. The SMILES string of the molecule is CCOC(C)=O.COCCOC.COCCOC. The zero-order valence-electron chi connectivity index (χ0n) is 12.5. The number of ether oxygens (including phenoxy) is 5. The second kappa shape index (κ2) is 25.2. The summed E-state index contributed by atoms with van der Waals surface area (Å²) in [6.07, 6.45) is 0. The highest BCUT2D eigenvalue weighted by atomic mass is 16.5. The Labute approximate surface area is 110 Å². The molecule has 0 radical (unpaired) electrons. The van der Waals surface area contributed by atoms with E-state index in [9.17, 15) is 4.79 Å². The van der Waals surface area contributed by atoms with Crippen molar-refractivity contribution in [2.24, 2.45) is 0 Å². The van der Waals surface area contributed by atoms with Gasteiger partial charge in [-0.1, -0.05) is 0 Å². The minimum Gasteiger partial charge on any atom is -0.466 e. The topological polar surface area (TPSA) is 63.2 Å². The minimum absolute atomic E-state index is 0.211. The maximum Gasteiger partial charge on any atom is 0.302 e. The van der Waals surface area contributed by atoms with Gasteiger partial charge in [-0.3, -0.25) is 4.79 Å². The van der Waals surface area contributed by atoms with Crippen LogP contribution in [-0.4, -0.2) is 67.4 Å². The summed E-state index contributed by atoms with van der Waals surface area (Å²) < 4.78 is 23.0. The van der Waals surface area contributed by atoms with Crippen LogP contribution in [-0.2, 0) is 28.5 Å². The average molecular weight is 268 g/mol. The van der Waals surface area contributed by atoms with Crippen molar-refractivity contribution in [3.8, 4) is 0 Å². The summed E-state index contributed by atoms with van der Waals surface area (Å²) in [5.74, 6) is -0.211. The molecular weight excluding hydrogens is 240 g/mol. The summed E-state index contributed by atoms with van der Waals surface area (Å²) in [5, 5.41) is 0. The van der Waals surface area contributed by atoms with Crippen molar-refractivity contribution < 1.29 is 28.5 Å². The van der Waals surface area contributed by atoms with E-state index in [1.807, 2.05) is 0 Å². The minimum atomic E-state index is -0.211. The van der Waals surface area contributed by atoms with E-state index < -0.39 is 0 Å². The highest BCUT2D eigenvalue weighted by Gasteiger charge is 1.81. The first-order chi connectivity index (χ1) is 8.60. The molecule has 112 valence electrons. The molecule has 0 bridgehead atoms. The van der Waals surface area contributed by atoms with E-state index in [0.29, 0.717) is 33.0 Å². The molecule has 0 heterocycles. The van der Waals surface area contributed by atoms with E-state index in [1.54, 1.807) is 35.4 Å². The van der Waals surface area contributed by atoms with Crippen LogP contribution in [0.5, 0.6) is 0 Å². The zero-order chi connectivity index (χ0) is 14.6. The van der Waals surface area contributed by atoms with Crippen LogP contribution in [0.15, 0.2) is 0 Å². The average Bonchev–Trinajstić information content (AvgIpc) is 2.35. The van der Waals surface area contributed by atoms with Gasteiger partial charge in [0.2, 0.25) is 0 Å². The van der Waals surface area contributed by atoms with E-state index in [2.05, 4.69) is 23.7 Å². The maximum absolute atomic E-state index is 9.82. The fraction of sp³-hybridized carbons (Fsp3) is 0.917. The summed E-state index contributed by atoms with van der Waals surface area (Å²) in [7, 11) is 6.61. The Morgan fingerprint density at radius 1 is 0.778 bits per heavy atom. The van der Waals surface area contributed by atoms with Crippen LogP contribution in [0.2, 0.25) is 0 Å². The Kier molecular flexibility index (Phi) is 31.5. The Morgan fingerprint density at radius 2 is 1.06 bits per heavy atom. The number of methoxy groups -OCH3 is 4. The number of carbonyl (C=O) groups excluding carboxylic acids is 1. The van der Waals surface area contributed by atoms with Gasteiger partial charge in [-0.25, -0.2) is 0 Å². The van der Waals surface area contributed by atoms with Gasteiger partial charge in [0.05, 0.1) is 33.0 Å². The van der Waals surface area contributed by atoms with Crippen molar-refractivity contribution >= 4 is 5.97 Å². The first-order valence-electron chi connectivity index (χ1n) is 5.69. The van der Waals surface area contributed by atoms with Crippen molar-refractivity contribution in [1.82, 2.24) is 0 Å². The Hall–Kier alpha value is -0.690. The van der Waals surface area contributed by atoms with Crippen LogP contribution in [0.4, 0.5) is 0 Å². The summed E-state index contributed by atoms with van der Waals surface area (Å²) in [6, 6.07) is 0. The molecule has 18 heavy (non-hydrogen) atoms. The molecule has 0 N–H and O–H groups in total.